The van der Waals surface area contributed by atoms with Crippen LogP contribution in [0.1, 0.15) is 52.0 Å². The van der Waals surface area contributed by atoms with E-state index in [1.165, 1.54) is 17.3 Å². The van der Waals surface area contributed by atoms with E-state index in [1.807, 2.05) is 21.7 Å². The average Bonchev–Trinajstić information content (AvgIpc) is 2.98. The summed E-state index contributed by atoms with van der Waals surface area (Å²) in [5.41, 5.74) is 3.39. The van der Waals surface area contributed by atoms with E-state index in [0.717, 1.165) is 19.3 Å². The van der Waals surface area contributed by atoms with Crippen molar-refractivity contribution in [1.29, 1.82) is 0 Å². The molecule has 6 heteroatoms. The predicted octanol–water partition coefficient (Wildman–Crippen LogP) is 2.39. The summed E-state index contributed by atoms with van der Waals surface area (Å²) in [5, 5.41) is 13.4. The fourth-order valence-corrected chi connectivity index (χ4v) is 4.03. The van der Waals surface area contributed by atoms with E-state index in [0.29, 0.717) is 18.8 Å². The van der Waals surface area contributed by atoms with Gasteiger partial charge in [0, 0.05) is 13.1 Å². The number of benzene rings is 1. The largest absolute Gasteiger partial charge is 0.478 e. The molecule has 1 N–H and O–H groups in total. The number of nitrogens with zero attached hydrogens (tertiary/aromatic N) is 3. The van der Waals surface area contributed by atoms with Crippen molar-refractivity contribution in [3.05, 3.63) is 52.8 Å². The van der Waals surface area contributed by atoms with Gasteiger partial charge in [-0.25, -0.2) is 4.79 Å². The molecule has 25 heavy (non-hydrogen) atoms. The summed E-state index contributed by atoms with van der Waals surface area (Å²) in [6, 6.07) is 8.31. The quantitative estimate of drug-likeness (QED) is 0.932. The van der Waals surface area contributed by atoms with Gasteiger partial charge in [0.25, 0.3) is 0 Å². The zero-order valence-electron chi connectivity index (χ0n) is 14.2. The molecule has 0 radical (unpaired) electrons. The molecule has 1 fully saturated rings. The molecule has 2 aliphatic rings. The molecule has 0 saturated carbocycles. The summed E-state index contributed by atoms with van der Waals surface area (Å²) in [7, 11) is 0. The lowest BCUT2D eigenvalue weighted by atomic mass is 9.76. The Hall–Kier alpha value is -2.63. The number of piperidine rings is 1. The van der Waals surface area contributed by atoms with Gasteiger partial charge < -0.3 is 10.0 Å². The molecule has 130 valence electrons. The van der Waals surface area contributed by atoms with Gasteiger partial charge in [-0.3, -0.25) is 9.48 Å². The third kappa shape index (κ3) is 2.62. The Morgan fingerprint density at radius 1 is 1.20 bits per heavy atom. The van der Waals surface area contributed by atoms with Gasteiger partial charge in [0.05, 0.1) is 23.9 Å². The zero-order valence-corrected chi connectivity index (χ0v) is 14.2. The number of likely N-dealkylation sites (tertiary alicyclic amines) is 1. The van der Waals surface area contributed by atoms with Crippen LogP contribution < -0.4 is 0 Å². The molecule has 1 unspecified atom stereocenters. The number of aromatic carboxylic acids is 1. The Morgan fingerprint density at radius 3 is 2.56 bits per heavy atom. The van der Waals surface area contributed by atoms with Gasteiger partial charge in [0.1, 0.15) is 5.56 Å². The van der Waals surface area contributed by atoms with Crippen LogP contribution in [0.15, 0.2) is 30.5 Å². The number of carboxylic acids is 1. The van der Waals surface area contributed by atoms with Crippen LogP contribution in [0, 0.1) is 6.92 Å². The van der Waals surface area contributed by atoms with Gasteiger partial charge in [-0.2, -0.15) is 5.10 Å². The molecule has 4 rings (SSSR count). The van der Waals surface area contributed by atoms with E-state index in [-0.39, 0.29) is 23.4 Å². The highest BCUT2D eigenvalue weighted by Crippen LogP contribution is 2.37. The van der Waals surface area contributed by atoms with Crippen LogP contribution >= 0.6 is 0 Å². The first-order chi connectivity index (χ1) is 12.1. The highest BCUT2D eigenvalue weighted by molar-refractivity contribution is 5.88. The molecule has 2 heterocycles. The number of carbonyl (C=O) groups is 2. The number of carbonyl (C=O) groups excluding carboxylic acids is 1. The van der Waals surface area contributed by atoms with Crippen LogP contribution in [0.2, 0.25) is 0 Å². The first-order valence-corrected chi connectivity index (χ1v) is 8.70. The molecule has 2 aromatic rings. The SMILES string of the molecule is Cc1c(C(=O)O)cnn1C1CCN(C(=O)C2Cc3ccccc32)CC1. The molecule has 1 saturated heterocycles. The minimum Gasteiger partial charge on any atom is -0.478 e. The van der Waals surface area contributed by atoms with Gasteiger partial charge in [-0.1, -0.05) is 24.3 Å². The topological polar surface area (TPSA) is 75.4 Å². The van der Waals surface area contributed by atoms with Crippen molar-refractivity contribution in [3.63, 3.8) is 0 Å². The van der Waals surface area contributed by atoms with Crippen molar-refractivity contribution in [3.8, 4) is 0 Å². The van der Waals surface area contributed by atoms with E-state index in [9.17, 15) is 9.59 Å². The molecule has 6 nitrogen and oxygen atoms in total. The van der Waals surface area contributed by atoms with Gasteiger partial charge in [-0.15, -0.1) is 0 Å². The van der Waals surface area contributed by atoms with Gasteiger partial charge in [0.2, 0.25) is 5.91 Å². The molecule has 1 aromatic carbocycles. The number of amides is 1. The average molecular weight is 339 g/mol. The van der Waals surface area contributed by atoms with Crippen molar-refractivity contribution in [2.75, 3.05) is 13.1 Å². The number of carboxylic acid groups (broad SMARTS) is 1. The molecule has 1 aliphatic carbocycles. The summed E-state index contributed by atoms with van der Waals surface area (Å²) >= 11 is 0. The minimum absolute atomic E-state index is 0.0119. The fraction of sp³-hybridized carbons (Fsp3) is 0.421. The molecule has 1 atom stereocenters. The number of aromatic nitrogens is 2. The maximum absolute atomic E-state index is 12.8. The first-order valence-electron chi connectivity index (χ1n) is 8.70. The summed E-state index contributed by atoms with van der Waals surface area (Å²) < 4.78 is 1.81. The van der Waals surface area contributed by atoms with Crippen molar-refractivity contribution >= 4 is 11.9 Å². The van der Waals surface area contributed by atoms with E-state index < -0.39 is 5.97 Å². The lowest BCUT2D eigenvalue weighted by molar-refractivity contribution is -0.134. The van der Waals surface area contributed by atoms with Crippen molar-refractivity contribution < 1.29 is 14.7 Å². The van der Waals surface area contributed by atoms with Crippen molar-refractivity contribution in [2.45, 2.75) is 38.1 Å². The molecule has 1 aromatic heterocycles. The monoisotopic (exact) mass is 339 g/mol. The summed E-state index contributed by atoms with van der Waals surface area (Å²) in [6.07, 6.45) is 3.87. The standard InChI is InChI=1S/C19H21N3O3/c1-12-17(19(24)25)11-20-22(12)14-6-8-21(9-7-14)18(23)16-10-13-4-2-3-5-15(13)16/h2-5,11,14,16H,6-10H2,1H3,(H,24,25). The van der Waals surface area contributed by atoms with Crippen LogP contribution in [-0.4, -0.2) is 44.8 Å². The van der Waals surface area contributed by atoms with Gasteiger partial charge in [-0.05, 0) is 37.3 Å². The lowest BCUT2D eigenvalue weighted by Gasteiger charge is -2.38. The molecule has 1 amide bonds. The molecular weight excluding hydrogens is 318 g/mol. The zero-order chi connectivity index (χ0) is 17.6. The Kier molecular flexibility index (Phi) is 3.82. The normalized spacial score (nSPS) is 20.0. The highest BCUT2D eigenvalue weighted by Gasteiger charge is 2.36. The number of hydrogen-bond acceptors (Lipinski definition) is 3. The maximum Gasteiger partial charge on any atom is 0.339 e. The Morgan fingerprint density at radius 2 is 1.92 bits per heavy atom. The second-order valence-electron chi connectivity index (χ2n) is 6.91. The Labute approximate surface area is 146 Å². The maximum atomic E-state index is 12.8. The molecule has 0 spiro atoms. The van der Waals surface area contributed by atoms with Gasteiger partial charge in [0.15, 0.2) is 0 Å². The van der Waals surface area contributed by atoms with Gasteiger partial charge >= 0.3 is 5.97 Å². The summed E-state index contributed by atoms with van der Waals surface area (Å²) in [5.74, 6) is -0.710. The lowest BCUT2D eigenvalue weighted by Crippen LogP contribution is -2.44. The number of hydrogen-bond donors (Lipinski definition) is 1. The highest BCUT2D eigenvalue weighted by atomic mass is 16.4. The van der Waals surface area contributed by atoms with Crippen LogP contribution in [0.3, 0.4) is 0 Å². The third-order valence-corrected chi connectivity index (χ3v) is 5.55. The Balaban J connectivity index is 1.41. The van der Waals surface area contributed by atoms with Crippen molar-refractivity contribution in [1.82, 2.24) is 14.7 Å². The predicted molar refractivity (Wildman–Crippen MR) is 91.7 cm³/mol. The van der Waals surface area contributed by atoms with Crippen LogP contribution in [0.4, 0.5) is 0 Å². The number of rotatable bonds is 3. The minimum atomic E-state index is -0.944. The van der Waals surface area contributed by atoms with E-state index >= 15 is 0 Å². The molecule has 1 aliphatic heterocycles. The van der Waals surface area contributed by atoms with Crippen LogP contribution in [0.25, 0.3) is 0 Å². The third-order valence-electron chi connectivity index (χ3n) is 5.55. The second kappa shape index (κ2) is 6.02. The Bertz CT molecular complexity index is 834. The summed E-state index contributed by atoms with van der Waals surface area (Å²) in [6.45, 7) is 3.19. The number of fused-ring (bicyclic) bond motifs is 1. The molecular formula is C19H21N3O3. The fourth-order valence-electron chi connectivity index (χ4n) is 4.03. The first kappa shape index (κ1) is 15.9. The van der Waals surface area contributed by atoms with E-state index in [1.54, 1.807) is 6.92 Å². The van der Waals surface area contributed by atoms with E-state index in [4.69, 9.17) is 5.11 Å². The van der Waals surface area contributed by atoms with E-state index in [2.05, 4.69) is 17.2 Å². The summed E-state index contributed by atoms with van der Waals surface area (Å²) in [4.78, 5) is 25.9. The van der Waals surface area contributed by atoms with Crippen LogP contribution in [-0.2, 0) is 11.2 Å². The van der Waals surface area contributed by atoms with Crippen molar-refractivity contribution in [2.24, 2.45) is 0 Å². The van der Waals surface area contributed by atoms with Crippen LogP contribution in [0.5, 0.6) is 0 Å². The second-order valence-corrected chi connectivity index (χ2v) is 6.91. The molecule has 0 bridgehead atoms. The smallest absolute Gasteiger partial charge is 0.339 e.